The lowest BCUT2D eigenvalue weighted by molar-refractivity contribution is -0.141. The smallest absolute Gasteiger partial charge is 0.242 e. The molecule has 1 atom stereocenters. The normalized spacial score (nSPS) is 23.9. The molecule has 0 aromatic heterocycles. The lowest BCUT2D eigenvalue weighted by Gasteiger charge is -2.34. The average molecular weight is 317 g/mol. The van der Waals surface area contributed by atoms with Gasteiger partial charge in [0.05, 0.1) is 18.7 Å². The van der Waals surface area contributed by atoms with Crippen molar-refractivity contribution in [2.24, 2.45) is 5.73 Å². The van der Waals surface area contributed by atoms with E-state index in [4.69, 9.17) is 22.1 Å². The number of nitrogens with zero attached hydrogens (tertiary/aromatic N) is 1. The van der Waals surface area contributed by atoms with Gasteiger partial charge in [0.2, 0.25) is 5.91 Å². The van der Waals surface area contributed by atoms with Gasteiger partial charge in [0.1, 0.15) is 6.10 Å². The van der Waals surface area contributed by atoms with Crippen LogP contribution in [-0.4, -0.2) is 36.0 Å². The molecule has 0 spiro atoms. The van der Waals surface area contributed by atoms with Gasteiger partial charge in [-0.15, -0.1) is 12.4 Å². The van der Waals surface area contributed by atoms with Gasteiger partial charge >= 0.3 is 0 Å². The molecule has 4 nitrogen and oxygen atoms in total. The van der Waals surface area contributed by atoms with E-state index in [2.05, 4.69) is 0 Å². The van der Waals surface area contributed by atoms with Crippen molar-refractivity contribution < 1.29 is 9.53 Å². The van der Waals surface area contributed by atoms with Crippen LogP contribution in [0.5, 0.6) is 0 Å². The number of halogens is 2. The van der Waals surface area contributed by atoms with Crippen molar-refractivity contribution in [3.8, 4) is 0 Å². The molecule has 1 aromatic carbocycles. The largest absolute Gasteiger partial charge is 0.370 e. The Balaban J connectivity index is 0.00000147. The van der Waals surface area contributed by atoms with Crippen molar-refractivity contribution in [1.29, 1.82) is 0 Å². The number of carbonyl (C=O) groups is 1. The number of rotatable bonds is 2. The Bertz CT molecular complexity index is 488. The molecule has 1 unspecified atom stereocenters. The lowest BCUT2D eigenvalue weighted by atomic mass is 10.1. The van der Waals surface area contributed by atoms with E-state index in [1.165, 1.54) is 0 Å². The number of morpholine rings is 1. The topological polar surface area (TPSA) is 55.6 Å². The summed E-state index contributed by atoms with van der Waals surface area (Å²) in [6.07, 6.45) is 1.51. The fourth-order valence-electron chi connectivity index (χ4n) is 2.38. The van der Waals surface area contributed by atoms with Gasteiger partial charge in [-0.3, -0.25) is 4.79 Å². The molecule has 1 aliphatic carbocycles. The van der Waals surface area contributed by atoms with Crippen molar-refractivity contribution in [2.45, 2.75) is 24.5 Å². The summed E-state index contributed by atoms with van der Waals surface area (Å²) in [4.78, 5) is 14.1. The second kappa shape index (κ2) is 5.90. The fourth-order valence-corrected chi connectivity index (χ4v) is 2.50. The molecule has 0 radical (unpaired) electrons. The van der Waals surface area contributed by atoms with Crippen molar-refractivity contribution in [3.05, 3.63) is 34.9 Å². The highest BCUT2D eigenvalue weighted by atomic mass is 35.5. The first-order chi connectivity index (χ1) is 9.08. The van der Waals surface area contributed by atoms with Gasteiger partial charge in [-0.05, 0) is 30.5 Å². The predicted molar refractivity (Wildman–Crippen MR) is 80.1 cm³/mol. The third kappa shape index (κ3) is 3.09. The first-order valence-corrected chi connectivity index (χ1v) is 6.92. The molecule has 1 amide bonds. The summed E-state index contributed by atoms with van der Waals surface area (Å²) in [5.74, 6) is 0.0646. The van der Waals surface area contributed by atoms with Gasteiger partial charge in [-0.1, -0.05) is 23.7 Å². The predicted octanol–water partition coefficient (Wildman–Crippen LogP) is 2.15. The standard InChI is InChI=1S/C14H17ClN2O2.ClH/c15-11-3-1-10(2-4-11)12-9-17(7-8-19-12)13(18)14(16)5-6-14;/h1-4,12H,5-9,16H2;1H. The Morgan fingerprint density at radius 2 is 2.00 bits per heavy atom. The number of nitrogens with two attached hydrogens (primary N) is 1. The van der Waals surface area contributed by atoms with Gasteiger partial charge < -0.3 is 15.4 Å². The summed E-state index contributed by atoms with van der Waals surface area (Å²) in [7, 11) is 0. The zero-order chi connectivity index (χ0) is 13.5. The highest BCUT2D eigenvalue weighted by molar-refractivity contribution is 6.30. The van der Waals surface area contributed by atoms with E-state index < -0.39 is 5.54 Å². The van der Waals surface area contributed by atoms with Crippen LogP contribution in [0.2, 0.25) is 5.02 Å². The van der Waals surface area contributed by atoms with Crippen molar-refractivity contribution >= 4 is 29.9 Å². The van der Waals surface area contributed by atoms with Gasteiger partial charge in [0.15, 0.2) is 0 Å². The maximum Gasteiger partial charge on any atom is 0.242 e. The molecule has 110 valence electrons. The molecule has 1 aromatic rings. The summed E-state index contributed by atoms with van der Waals surface area (Å²) in [6.45, 7) is 1.75. The molecule has 1 saturated heterocycles. The fraction of sp³-hybridized carbons (Fsp3) is 0.500. The monoisotopic (exact) mass is 316 g/mol. The van der Waals surface area contributed by atoms with Crippen LogP contribution in [0.25, 0.3) is 0 Å². The molecule has 3 rings (SSSR count). The van der Waals surface area contributed by atoms with E-state index in [0.717, 1.165) is 18.4 Å². The first-order valence-electron chi connectivity index (χ1n) is 6.54. The van der Waals surface area contributed by atoms with Gasteiger partial charge in [-0.25, -0.2) is 0 Å². The minimum absolute atomic E-state index is 0. The molecule has 2 fully saturated rings. The number of hydrogen-bond acceptors (Lipinski definition) is 3. The van der Waals surface area contributed by atoms with Crippen LogP contribution >= 0.6 is 24.0 Å². The Labute approximate surface area is 129 Å². The Kier molecular flexibility index (Phi) is 4.59. The number of hydrogen-bond donors (Lipinski definition) is 1. The minimum Gasteiger partial charge on any atom is -0.370 e. The van der Waals surface area contributed by atoms with E-state index in [-0.39, 0.29) is 24.4 Å². The Morgan fingerprint density at radius 3 is 2.60 bits per heavy atom. The molecule has 1 aliphatic heterocycles. The van der Waals surface area contributed by atoms with E-state index in [1.54, 1.807) is 0 Å². The Morgan fingerprint density at radius 1 is 1.35 bits per heavy atom. The van der Waals surface area contributed by atoms with Gasteiger partial charge in [0.25, 0.3) is 0 Å². The minimum atomic E-state index is -0.595. The Hall–Kier alpha value is -0.810. The third-order valence-electron chi connectivity index (χ3n) is 3.81. The summed E-state index contributed by atoms with van der Waals surface area (Å²) in [6, 6.07) is 7.56. The molecule has 1 heterocycles. The van der Waals surface area contributed by atoms with E-state index in [0.29, 0.717) is 24.7 Å². The summed E-state index contributed by atoms with van der Waals surface area (Å²) in [5, 5.41) is 0.700. The molecule has 2 N–H and O–H groups in total. The summed E-state index contributed by atoms with van der Waals surface area (Å²) < 4.78 is 5.74. The van der Waals surface area contributed by atoms with Gasteiger partial charge in [0, 0.05) is 11.6 Å². The number of benzene rings is 1. The van der Waals surface area contributed by atoms with Crippen molar-refractivity contribution in [1.82, 2.24) is 4.90 Å². The molecule has 0 bridgehead atoms. The zero-order valence-electron chi connectivity index (χ0n) is 11.0. The lowest BCUT2D eigenvalue weighted by Crippen LogP contribution is -2.50. The number of carbonyl (C=O) groups excluding carboxylic acids is 1. The average Bonchev–Trinajstić information content (AvgIpc) is 3.18. The molecule has 1 saturated carbocycles. The summed E-state index contributed by atoms with van der Waals surface area (Å²) >= 11 is 5.88. The molecule has 6 heteroatoms. The summed E-state index contributed by atoms with van der Waals surface area (Å²) in [5.41, 5.74) is 6.43. The van der Waals surface area contributed by atoms with Crippen LogP contribution in [0.4, 0.5) is 0 Å². The van der Waals surface area contributed by atoms with Gasteiger partial charge in [-0.2, -0.15) is 0 Å². The SMILES string of the molecule is Cl.NC1(C(=O)N2CCOC(c3ccc(Cl)cc3)C2)CC1. The molecule has 20 heavy (non-hydrogen) atoms. The van der Waals surface area contributed by atoms with Crippen LogP contribution in [0.1, 0.15) is 24.5 Å². The van der Waals surface area contributed by atoms with Crippen LogP contribution in [-0.2, 0) is 9.53 Å². The van der Waals surface area contributed by atoms with Crippen LogP contribution < -0.4 is 5.73 Å². The van der Waals surface area contributed by atoms with Crippen LogP contribution in [0, 0.1) is 0 Å². The molecular weight excluding hydrogens is 299 g/mol. The molecular formula is C14H18Cl2N2O2. The highest BCUT2D eigenvalue weighted by Crippen LogP contribution is 2.35. The second-order valence-electron chi connectivity index (χ2n) is 5.32. The number of ether oxygens (including phenoxy) is 1. The number of amides is 1. The van der Waals surface area contributed by atoms with E-state index in [1.807, 2.05) is 29.2 Å². The maximum absolute atomic E-state index is 12.2. The van der Waals surface area contributed by atoms with Crippen molar-refractivity contribution in [3.63, 3.8) is 0 Å². The van der Waals surface area contributed by atoms with Crippen LogP contribution in [0.3, 0.4) is 0 Å². The zero-order valence-corrected chi connectivity index (χ0v) is 12.6. The molecule has 2 aliphatic rings. The van der Waals surface area contributed by atoms with Crippen molar-refractivity contribution in [2.75, 3.05) is 19.7 Å². The first kappa shape index (κ1) is 15.6. The quantitative estimate of drug-likeness (QED) is 0.909. The van der Waals surface area contributed by atoms with E-state index in [9.17, 15) is 4.79 Å². The highest BCUT2D eigenvalue weighted by Gasteiger charge is 2.48. The van der Waals surface area contributed by atoms with E-state index >= 15 is 0 Å². The second-order valence-corrected chi connectivity index (χ2v) is 5.75. The van der Waals surface area contributed by atoms with Crippen LogP contribution in [0.15, 0.2) is 24.3 Å². The third-order valence-corrected chi connectivity index (χ3v) is 4.06. The maximum atomic E-state index is 12.2.